The highest BCUT2D eigenvalue weighted by Crippen LogP contribution is 2.24. The van der Waals surface area contributed by atoms with Crippen molar-refractivity contribution in [2.75, 3.05) is 32.2 Å². The highest BCUT2D eigenvalue weighted by molar-refractivity contribution is 5.37. The summed E-state index contributed by atoms with van der Waals surface area (Å²) in [7, 11) is 3.13. The number of methoxy groups -OCH3 is 2. The van der Waals surface area contributed by atoms with Crippen molar-refractivity contribution in [3.63, 3.8) is 0 Å². The van der Waals surface area contributed by atoms with Crippen molar-refractivity contribution in [2.24, 2.45) is 5.92 Å². The second-order valence-corrected chi connectivity index (χ2v) is 4.14. The van der Waals surface area contributed by atoms with Crippen molar-refractivity contribution < 1.29 is 9.47 Å². The maximum absolute atomic E-state index is 8.87. The van der Waals surface area contributed by atoms with Gasteiger partial charge in [0.25, 0.3) is 0 Å². The molecule has 6 nitrogen and oxygen atoms in total. The molecule has 2 heterocycles. The number of aromatic nitrogens is 2. The van der Waals surface area contributed by atoms with Crippen molar-refractivity contribution in [3.8, 4) is 17.8 Å². The minimum Gasteiger partial charge on any atom is -0.481 e. The van der Waals surface area contributed by atoms with Gasteiger partial charge >= 0.3 is 0 Å². The Morgan fingerprint density at radius 2 is 1.78 bits per heavy atom. The summed E-state index contributed by atoms with van der Waals surface area (Å²) in [5, 5.41) is 8.87. The average molecular weight is 248 g/mol. The van der Waals surface area contributed by atoms with Gasteiger partial charge in [0.2, 0.25) is 17.7 Å². The molecule has 6 heteroatoms. The van der Waals surface area contributed by atoms with Crippen molar-refractivity contribution in [3.05, 3.63) is 6.07 Å². The number of nitrogens with zero attached hydrogens (tertiary/aromatic N) is 4. The summed E-state index contributed by atoms with van der Waals surface area (Å²) >= 11 is 0. The van der Waals surface area contributed by atoms with E-state index in [0.717, 1.165) is 25.9 Å². The first kappa shape index (κ1) is 12.4. The molecule has 2 rings (SSSR count). The van der Waals surface area contributed by atoms with E-state index >= 15 is 0 Å². The van der Waals surface area contributed by atoms with Crippen molar-refractivity contribution in [2.45, 2.75) is 12.8 Å². The normalized spacial score (nSPS) is 16.2. The van der Waals surface area contributed by atoms with Crippen LogP contribution in [-0.2, 0) is 0 Å². The van der Waals surface area contributed by atoms with E-state index in [-0.39, 0.29) is 5.92 Å². The number of hydrogen-bond acceptors (Lipinski definition) is 6. The van der Waals surface area contributed by atoms with Crippen molar-refractivity contribution in [1.82, 2.24) is 9.97 Å². The first-order valence-electron chi connectivity index (χ1n) is 5.88. The maximum atomic E-state index is 8.87. The minimum absolute atomic E-state index is 0.147. The molecule has 1 aliphatic heterocycles. The first-order chi connectivity index (χ1) is 8.76. The number of hydrogen-bond donors (Lipinski definition) is 0. The Morgan fingerprint density at radius 1 is 1.22 bits per heavy atom. The molecule has 0 unspecified atom stereocenters. The molecule has 1 fully saturated rings. The lowest BCUT2D eigenvalue weighted by Crippen LogP contribution is -2.34. The van der Waals surface area contributed by atoms with Crippen LogP contribution in [0.4, 0.5) is 5.95 Å². The molecule has 0 spiro atoms. The quantitative estimate of drug-likeness (QED) is 0.801. The molecule has 0 atom stereocenters. The van der Waals surface area contributed by atoms with Crippen LogP contribution in [0.15, 0.2) is 6.07 Å². The van der Waals surface area contributed by atoms with Crippen LogP contribution in [0.25, 0.3) is 0 Å². The summed E-state index contributed by atoms with van der Waals surface area (Å²) in [6.45, 7) is 1.57. The van der Waals surface area contributed by atoms with Gasteiger partial charge in [-0.2, -0.15) is 15.2 Å². The third-order valence-electron chi connectivity index (χ3n) is 3.05. The van der Waals surface area contributed by atoms with Gasteiger partial charge < -0.3 is 14.4 Å². The molecule has 0 aliphatic carbocycles. The van der Waals surface area contributed by atoms with E-state index in [0.29, 0.717) is 17.7 Å². The third kappa shape index (κ3) is 2.62. The summed E-state index contributed by atoms with van der Waals surface area (Å²) in [4.78, 5) is 10.7. The van der Waals surface area contributed by atoms with Gasteiger partial charge in [-0.3, -0.25) is 0 Å². The van der Waals surface area contributed by atoms with Gasteiger partial charge in [0.05, 0.1) is 26.4 Å². The Labute approximate surface area is 106 Å². The molecular weight excluding hydrogens is 232 g/mol. The molecular formula is C12H16N4O2. The standard InChI is InChI=1S/C12H16N4O2/c1-17-10-7-11(18-2)15-12(14-10)16-5-3-9(8-13)4-6-16/h7,9H,3-6H2,1-2H3. The van der Waals surface area contributed by atoms with E-state index in [9.17, 15) is 0 Å². The van der Waals surface area contributed by atoms with Crippen LogP contribution in [-0.4, -0.2) is 37.3 Å². The zero-order chi connectivity index (χ0) is 13.0. The van der Waals surface area contributed by atoms with E-state index in [1.165, 1.54) is 0 Å². The number of ether oxygens (including phenoxy) is 2. The van der Waals surface area contributed by atoms with Crippen molar-refractivity contribution >= 4 is 5.95 Å². The molecule has 0 amide bonds. The van der Waals surface area contributed by atoms with Crippen LogP contribution in [0.1, 0.15) is 12.8 Å². The van der Waals surface area contributed by atoms with Crippen LogP contribution in [0.2, 0.25) is 0 Å². The molecule has 0 aromatic carbocycles. The molecule has 0 N–H and O–H groups in total. The summed E-state index contributed by atoms with van der Waals surface area (Å²) in [5.74, 6) is 1.72. The van der Waals surface area contributed by atoms with Crippen LogP contribution < -0.4 is 14.4 Å². The van der Waals surface area contributed by atoms with E-state index < -0.39 is 0 Å². The number of nitriles is 1. The minimum atomic E-state index is 0.147. The lowest BCUT2D eigenvalue weighted by molar-refractivity contribution is 0.370. The van der Waals surface area contributed by atoms with E-state index in [1.54, 1.807) is 20.3 Å². The van der Waals surface area contributed by atoms with Crippen LogP contribution in [0.3, 0.4) is 0 Å². The zero-order valence-corrected chi connectivity index (χ0v) is 10.6. The summed E-state index contributed by atoms with van der Waals surface area (Å²) < 4.78 is 10.2. The number of piperidine rings is 1. The van der Waals surface area contributed by atoms with Gasteiger partial charge in [0, 0.05) is 19.0 Å². The topological polar surface area (TPSA) is 71.3 Å². The second-order valence-electron chi connectivity index (χ2n) is 4.14. The van der Waals surface area contributed by atoms with Gasteiger partial charge in [0.15, 0.2) is 0 Å². The molecule has 1 aliphatic rings. The van der Waals surface area contributed by atoms with Gasteiger partial charge in [-0.15, -0.1) is 0 Å². The monoisotopic (exact) mass is 248 g/mol. The number of rotatable bonds is 3. The van der Waals surface area contributed by atoms with E-state index in [4.69, 9.17) is 14.7 Å². The molecule has 0 bridgehead atoms. The third-order valence-corrected chi connectivity index (χ3v) is 3.05. The Morgan fingerprint density at radius 3 is 2.22 bits per heavy atom. The van der Waals surface area contributed by atoms with Gasteiger partial charge in [0.1, 0.15) is 0 Å². The Kier molecular flexibility index (Phi) is 3.82. The summed E-state index contributed by atoms with van der Waals surface area (Å²) in [6, 6.07) is 3.95. The molecule has 0 radical (unpaired) electrons. The Balaban J connectivity index is 2.16. The Hall–Kier alpha value is -2.03. The molecule has 1 saturated heterocycles. The Bertz CT molecular complexity index is 428. The molecule has 1 aromatic rings. The van der Waals surface area contributed by atoms with Gasteiger partial charge in [-0.05, 0) is 12.8 Å². The fourth-order valence-corrected chi connectivity index (χ4v) is 1.95. The fraction of sp³-hybridized carbons (Fsp3) is 0.583. The van der Waals surface area contributed by atoms with Crippen LogP contribution in [0.5, 0.6) is 11.8 Å². The number of anilines is 1. The lowest BCUT2D eigenvalue weighted by atomic mass is 9.99. The van der Waals surface area contributed by atoms with Gasteiger partial charge in [-0.25, -0.2) is 0 Å². The molecule has 96 valence electrons. The first-order valence-corrected chi connectivity index (χ1v) is 5.88. The van der Waals surface area contributed by atoms with Crippen LogP contribution >= 0.6 is 0 Å². The van der Waals surface area contributed by atoms with E-state index in [1.807, 2.05) is 0 Å². The smallest absolute Gasteiger partial charge is 0.231 e. The van der Waals surface area contributed by atoms with Crippen LogP contribution in [0, 0.1) is 17.2 Å². The predicted octanol–water partition coefficient (Wildman–Crippen LogP) is 1.23. The molecule has 1 aromatic heterocycles. The van der Waals surface area contributed by atoms with Gasteiger partial charge in [-0.1, -0.05) is 0 Å². The summed E-state index contributed by atoms with van der Waals surface area (Å²) in [5.41, 5.74) is 0. The SMILES string of the molecule is COc1cc(OC)nc(N2CCC(C#N)CC2)n1. The van der Waals surface area contributed by atoms with Crippen molar-refractivity contribution in [1.29, 1.82) is 5.26 Å². The lowest BCUT2D eigenvalue weighted by Gasteiger charge is -2.29. The fourth-order valence-electron chi connectivity index (χ4n) is 1.95. The molecule has 18 heavy (non-hydrogen) atoms. The zero-order valence-electron chi connectivity index (χ0n) is 10.6. The highest BCUT2D eigenvalue weighted by atomic mass is 16.5. The highest BCUT2D eigenvalue weighted by Gasteiger charge is 2.21. The average Bonchev–Trinajstić information content (AvgIpc) is 2.46. The largest absolute Gasteiger partial charge is 0.481 e. The maximum Gasteiger partial charge on any atom is 0.231 e. The summed E-state index contributed by atoms with van der Waals surface area (Å²) in [6.07, 6.45) is 1.69. The predicted molar refractivity (Wildman–Crippen MR) is 65.7 cm³/mol. The molecule has 0 saturated carbocycles. The van der Waals surface area contributed by atoms with E-state index in [2.05, 4.69) is 20.9 Å². The second kappa shape index (κ2) is 5.54.